The van der Waals surface area contributed by atoms with Gasteiger partial charge in [-0.3, -0.25) is 14.9 Å². The molecule has 3 heterocycles. The van der Waals surface area contributed by atoms with E-state index in [0.29, 0.717) is 16.8 Å². The van der Waals surface area contributed by atoms with E-state index in [1.165, 1.54) is 11.3 Å². The highest BCUT2D eigenvalue weighted by Gasteiger charge is 2.38. The number of imide groups is 1. The molecule has 2 aliphatic heterocycles. The average Bonchev–Trinajstić information content (AvgIpc) is 2.88. The first-order valence-corrected chi connectivity index (χ1v) is 10.0. The maximum atomic E-state index is 12.6. The van der Waals surface area contributed by atoms with Gasteiger partial charge in [-0.05, 0) is 43.7 Å². The summed E-state index contributed by atoms with van der Waals surface area (Å²) in [5.41, 5.74) is 5.97. The summed E-state index contributed by atoms with van der Waals surface area (Å²) in [5.74, 6) is -0.758. The number of likely N-dealkylation sites (N-methyl/N-ethyl adjacent to an activating group) is 1. The predicted molar refractivity (Wildman–Crippen MR) is 117 cm³/mol. The summed E-state index contributed by atoms with van der Waals surface area (Å²) in [4.78, 5) is 27.4. The van der Waals surface area contributed by atoms with Crippen molar-refractivity contribution in [1.29, 1.82) is 0 Å². The summed E-state index contributed by atoms with van der Waals surface area (Å²) in [5, 5.41) is 2.48. The zero-order chi connectivity index (χ0) is 21.6. The fourth-order valence-electron chi connectivity index (χ4n) is 4.41. The van der Waals surface area contributed by atoms with Gasteiger partial charge in [0.1, 0.15) is 0 Å². The summed E-state index contributed by atoms with van der Waals surface area (Å²) in [6.07, 6.45) is 7.52. The Kier molecular flexibility index (Phi) is 4.69. The van der Waals surface area contributed by atoms with E-state index in [4.69, 9.17) is 0 Å². The van der Waals surface area contributed by atoms with Gasteiger partial charge in [-0.15, -0.1) is 0 Å². The third-order valence-corrected chi connectivity index (χ3v) is 6.00. The molecule has 2 aliphatic rings. The molecule has 0 saturated carbocycles. The summed E-state index contributed by atoms with van der Waals surface area (Å²) < 4.78 is 1.77. The van der Waals surface area contributed by atoms with E-state index in [0.717, 1.165) is 11.3 Å². The number of benzene rings is 1. The second-order valence-corrected chi connectivity index (χ2v) is 8.38. The van der Waals surface area contributed by atoms with Crippen molar-refractivity contribution in [3.8, 4) is 0 Å². The molecule has 0 atom stereocenters. The molecular weight excluding hydrogens is 374 g/mol. The van der Waals surface area contributed by atoms with Crippen molar-refractivity contribution in [3.63, 3.8) is 0 Å². The van der Waals surface area contributed by atoms with Crippen LogP contribution in [0.3, 0.4) is 0 Å². The number of nitrogens with zero attached hydrogens (tertiary/aromatic N) is 2. The second-order valence-electron chi connectivity index (χ2n) is 8.38. The molecular formula is C25H26N3O2+. The lowest BCUT2D eigenvalue weighted by molar-refractivity contribution is -0.578. The summed E-state index contributed by atoms with van der Waals surface area (Å²) in [7, 11) is 2.04. The van der Waals surface area contributed by atoms with Crippen LogP contribution in [0.15, 0.2) is 77.8 Å². The van der Waals surface area contributed by atoms with Gasteiger partial charge < -0.3 is 4.90 Å². The standard InChI is InChI=1S/C25H25N3O2/c1-16-9-8-14-28(15-16)22-17(2)18(23(29)26-24(22)30)12-13-21-25(3,4)19-10-6-7-11-20(19)27(21)5/h6-15H,1-5H3/p+1/b18-12+,21-13-. The molecule has 152 valence electrons. The highest BCUT2D eigenvalue weighted by molar-refractivity contribution is 6.25. The molecule has 2 aromatic rings. The average molecular weight is 401 g/mol. The van der Waals surface area contributed by atoms with Crippen LogP contribution >= 0.6 is 0 Å². The van der Waals surface area contributed by atoms with Crippen LogP contribution in [0.4, 0.5) is 5.69 Å². The number of carbonyl (C=O) groups excluding carboxylic acids is 2. The number of pyridine rings is 1. The first-order valence-electron chi connectivity index (χ1n) is 10.0. The Balaban J connectivity index is 1.82. The van der Waals surface area contributed by atoms with Crippen LogP contribution in [0.1, 0.15) is 31.9 Å². The zero-order valence-corrected chi connectivity index (χ0v) is 18.0. The number of rotatable bonds is 2. The molecule has 30 heavy (non-hydrogen) atoms. The van der Waals surface area contributed by atoms with Crippen LogP contribution < -0.4 is 14.8 Å². The van der Waals surface area contributed by atoms with Crippen molar-refractivity contribution < 1.29 is 14.2 Å². The summed E-state index contributed by atoms with van der Waals surface area (Å²) in [6.45, 7) is 8.15. The van der Waals surface area contributed by atoms with E-state index in [1.54, 1.807) is 4.57 Å². The SMILES string of the molecule is CC1=C([n+]2cccc(C)c2)C(=O)NC(=O)/C1=C/C=C1\N(C)c2ccccc2C1(C)C. The summed E-state index contributed by atoms with van der Waals surface area (Å²) >= 11 is 0. The smallest absolute Gasteiger partial charge is 0.323 e. The molecule has 0 aliphatic carbocycles. The van der Waals surface area contributed by atoms with Gasteiger partial charge in [0, 0.05) is 46.6 Å². The van der Waals surface area contributed by atoms with Crippen molar-refractivity contribution in [3.05, 3.63) is 88.9 Å². The number of fused-ring (bicyclic) bond motifs is 1. The van der Waals surface area contributed by atoms with Crippen molar-refractivity contribution in [2.45, 2.75) is 33.1 Å². The molecule has 1 aromatic heterocycles. The van der Waals surface area contributed by atoms with Crippen molar-refractivity contribution in [2.75, 3.05) is 11.9 Å². The Hall–Kier alpha value is -3.47. The van der Waals surface area contributed by atoms with Gasteiger partial charge in [0.2, 0.25) is 0 Å². The third kappa shape index (κ3) is 3.07. The van der Waals surface area contributed by atoms with Gasteiger partial charge in [0.15, 0.2) is 12.4 Å². The second kappa shape index (κ2) is 7.10. The number of carbonyl (C=O) groups is 2. The maximum Gasteiger partial charge on any atom is 0.323 e. The lowest BCUT2D eigenvalue weighted by Gasteiger charge is -2.24. The van der Waals surface area contributed by atoms with Crippen molar-refractivity contribution >= 4 is 23.2 Å². The van der Waals surface area contributed by atoms with Gasteiger partial charge in [0.25, 0.3) is 11.6 Å². The largest absolute Gasteiger partial charge is 0.347 e. The van der Waals surface area contributed by atoms with Gasteiger partial charge >= 0.3 is 5.91 Å². The van der Waals surface area contributed by atoms with E-state index < -0.39 is 0 Å². The van der Waals surface area contributed by atoms with E-state index in [2.05, 4.69) is 36.2 Å². The summed E-state index contributed by atoms with van der Waals surface area (Å²) in [6, 6.07) is 12.2. The molecule has 0 fully saturated rings. The fourth-order valence-corrected chi connectivity index (χ4v) is 4.41. The molecule has 0 unspecified atom stereocenters. The Morgan fingerprint density at radius 2 is 1.73 bits per heavy atom. The highest BCUT2D eigenvalue weighted by atomic mass is 16.2. The van der Waals surface area contributed by atoms with Crippen LogP contribution in [0, 0.1) is 6.92 Å². The first kappa shape index (κ1) is 19.8. The molecule has 5 heteroatoms. The Morgan fingerprint density at radius 1 is 1.00 bits per heavy atom. The highest BCUT2D eigenvalue weighted by Crippen LogP contribution is 2.46. The molecule has 1 N–H and O–H groups in total. The van der Waals surface area contributed by atoms with E-state index >= 15 is 0 Å². The zero-order valence-electron chi connectivity index (χ0n) is 18.0. The number of nitrogens with one attached hydrogen (secondary N) is 1. The van der Waals surface area contributed by atoms with E-state index in [1.807, 2.05) is 69.7 Å². The lowest BCUT2D eigenvalue weighted by Crippen LogP contribution is -2.47. The number of aromatic nitrogens is 1. The monoisotopic (exact) mass is 400 g/mol. The Morgan fingerprint density at radius 3 is 2.43 bits per heavy atom. The molecule has 0 radical (unpaired) electrons. The third-order valence-electron chi connectivity index (χ3n) is 6.00. The number of hydrogen-bond donors (Lipinski definition) is 1. The number of aryl methyl sites for hydroxylation is 1. The first-order chi connectivity index (χ1) is 14.2. The normalized spacial score (nSPS) is 20.8. The number of amides is 2. The fraction of sp³-hybridized carbons (Fsp3) is 0.240. The molecule has 4 rings (SSSR count). The van der Waals surface area contributed by atoms with Gasteiger partial charge in [-0.2, -0.15) is 4.57 Å². The van der Waals surface area contributed by atoms with Crippen LogP contribution in [0.2, 0.25) is 0 Å². The topological polar surface area (TPSA) is 53.3 Å². The molecule has 0 saturated heterocycles. The molecule has 5 nitrogen and oxygen atoms in total. The molecule has 2 amide bonds. The quantitative estimate of drug-likeness (QED) is 0.478. The number of anilines is 1. The number of allylic oxidation sites excluding steroid dienone is 3. The van der Waals surface area contributed by atoms with Gasteiger partial charge in [0.05, 0.1) is 0 Å². The van der Waals surface area contributed by atoms with E-state index in [9.17, 15) is 9.59 Å². The number of para-hydroxylation sites is 1. The van der Waals surface area contributed by atoms with E-state index in [-0.39, 0.29) is 17.2 Å². The molecule has 0 spiro atoms. The van der Waals surface area contributed by atoms with Crippen LogP contribution in [-0.2, 0) is 15.0 Å². The maximum absolute atomic E-state index is 12.6. The van der Waals surface area contributed by atoms with Gasteiger partial charge in [-0.1, -0.05) is 32.0 Å². The lowest BCUT2D eigenvalue weighted by atomic mass is 9.83. The molecule has 1 aromatic carbocycles. The van der Waals surface area contributed by atoms with Gasteiger partial charge in [-0.25, -0.2) is 0 Å². The van der Waals surface area contributed by atoms with Crippen LogP contribution in [0.5, 0.6) is 0 Å². The Labute approximate surface area is 177 Å². The number of hydrogen-bond acceptors (Lipinski definition) is 3. The Bertz CT molecular complexity index is 1170. The van der Waals surface area contributed by atoms with Crippen molar-refractivity contribution in [1.82, 2.24) is 5.32 Å². The predicted octanol–water partition coefficient (Wildman–Crippen LogP) is 3.41. The molecule has 0 bridgehead atoms. The van der Waals surface area contributed by atoms with Crippen LogP contribution in [0.25, 0.3) is 5.70 Å². The van der Waals surface area contributed by atoms with Crippen LogP contribution in [-0.4, -0.2) is 18.9 Å². The minimum Gasteiger partial charge on any atom is -0.347 e. The van der Waals surface area contributed by atoms with Crippen molar-refractivity contribution in [2.24, 2.45) is 0 Å². The minimum atomic E-state index is -0.386. The minimum absolute atomic E-state index is 0.185.